The van der Waals surface area contributed by atoms with E-state index in [1.165, 1.54) is 12.1 Å². The Kier molecular flexibility index (Phi) is 28.6. The fourth-order valence-electron chi connectivity index (χ4n) is 7.65. The minimum absolute atomic E-state index is 0.00396. The second-order valence-corrected chi connectivity index (χ2v) is 19.2. The zero-order chi connectivity index (χ0) is 50.8. The molecule has 3 aromatic rings. The highest BCUT2D eigenvalue weighted by molar-refractivity contribution is 7.85. The van der Waals surface area contributed by atoms with Gasteiger partial charge in [0.05, 0.1) is 67.3 Å². The SMILES string of the molecule is CCC(O)CC(O)CCCC(O)CC(O)C[C@H](C)O.CCC1CC(CCCC(O)CC2C[C@H](C)OC(c3cccc(O)c3)O2)OC(c2cccc(O)c2)O1.CS(=O)(=O)O.O=Cc1cccc(O)c1. The average molecular weight is 983 g/mol. The van der Waals surface area contributed by atoms with Gasteiger partial charge in [-0.05, 0) is 134 Å². The molecule has 0 amide bonds. The average Bonchev–Trinajstić information content (AvgIpc) is 3.25. The monoisotopic (exact) mass is 982 g/mol. The molecule has 10 unspecified atom stereocenters. The van der Waals surface area contributed by atoms with Crippen molar-refractivity contribution in [2.75, 3.05) is 6.26 Å². The number of aromatic hydroxyl groups is 3. The Bertz CT molecular complexity index is 1930. The van der Waals surface area contributed by atoms with Crippen LogP contribution in [-0.2, 0) is 29.1 Å². The molecule has 18 heteroatoms. The lowest BCUT2D eigenvalue weighted by Crippen LogP contribution is -2.35. The Balaban J connectivity index is 0.000000399. The zero-order valence-corrected chi connectivity index (χ0v) is 40.9. The summed E-state index contributed by atoms with van der Waals surface area (Å²) in [6.07, 6.45) is 5.63. The van der Waals surface area contributed by atoms with Gasteiger partial charge in [0.2, 0.25) is 0 Å². The summed E-state index contributed by atoms with van der Waals surface area (Å²) in [7, 11) is -3.67. The molecule has 10 N–H and O–H groups in total. The Hall–Kier alpha value is -3.76. The lowest BCUT2D eigenvalue weighted by molar-refractivity contribution is -0.250. The number of hydrogen-bond acceptors (Lipinski definition) is 16. The first-order valence-electron chi connectivity index (χ1n) is 23.5. The van der Waals surface area contributed by atoms with Gasteiger partial charge in [0.1, 0.15) is 23.5 Å². The van der Waals surface area contributed by atoms with Crippen LogP contribution in [0.1, 0.15) is 152 Å². The second-order valence-electron chi connectivity index (χ2n) is 17.7. The van der Waals surface area contributed by atoms with Crippen molar-refractivity contribution >= 4 is 16.4 Å². The molecule has 386 valence electrons. The van der Waals surface area contributed by atoms with Crippen LogP contribution in [0.15, 0.2) is 72.8 Å². The van der Waals surface area contributed by atoms with Crippen molar-refractivity contribution in [3.8, 4) is 17.2 Å². The molecule has 0 radical (unpaired) electrons. The summed E-state index contributed by atoms with van der Waals surface area (Å²) in [5.41, 5.74) is 2.09. The maximum Gasteiger partial charge on any atom is 0.261 e. The Morgan fingerprint density at radius 3 is 1.60 bits per heavy atom. The van der Waals surface area contributed by atoms with Gasteiger partial charge in [-0.25, -0.2) is 0 Å². The number of benzene rings is 3. The van der Waals surface area contributed by atoms with E-state index in [1.807, 2.05) is 26.0 Å². The zero-order valence-electron chi connectivity index (χ0n) is 40.1. The number of hydrogen-bond donors (Lipinski definition) is 10. The van der Waals surface area contributed by atoms with Crippen molar-refractivity contribution in [3.63, 3.8) is 0 Å². The van der Waals surface area contributed by atoms with E-state index < -0.39 is 59.3 Å². The highest BCUT2D eigenvalue weighted by Crippen LogP contribution is 2.35. The number of aliphatic hydroxyl groups is 6. The normalized spacial score (nSPS) is 23.1. The molecule has 0 aromatic heterocycles. The van der Waals surface area contributed by atoms with Crippen molar-refractivity contribution < 1.29 is 82.7 Å². The van der Waals surface area contributed by atoms with E-state index in [0.717, 1.165) is 43.2 Å². The molecule has 0 bridgehead atoms. The third kappa shape index (κ3) is 27.4. The maximum atomic E-state index is 10.7. The lowest BCUT2D eigenvalue weighted by atomic mass is 9.97. The van der Waals surface area contributed by atoms with E-state index in [2.05, 4.69) is 6.92 Å². The quantitative estimate of drug-likeness (QED) is 0.0389. The molecular weight excluding hydrogens is 905 g/mol. The van der Waals surface area contributed by atoms with Gasteiger partial charge in [-0.2, -0.15) is 8.42 Å². The molecule has 2 heterocycles. The first-order valence-corrected chi connectivity index (χ1v) is 25.4. The van der Waals surface area contributed by atoms with E-state index >= 15 is 0 Å². The molecule has 12 atom stereocenters. The van der Waals surface area contributed by atoms with E-state index in [0.29, 0.717) is 63.1 Å². The van der Waals surface area contributed by atoms with E-state index in [1.54, 1.807) is 55.5 Å². The molecule has 3 aromatic carbocycles. The number of carbonyl (C=O) groups excluding carboxylic acids is 1. The summed E-state index contributed by atoms with van der Waals surface area (Å²) in [4.78, 5) is 10.0. The fourth-order valence-corrected chi connectivity index (χ4v) is 7.65. The van der Waals surface area contributed by atoms with Gasteiger partial charge in [0.25, 0.3) is 10.1 Å². The fraction of sp³-hybridized carbons (Fsp3) is 0.620. The van der Waals surface area contributed by atoms with Crippen LogP contribution in [0.4, 0.5) is 0 Å². The minimum Gasteiger partial charge on any atom is -0.508 e. The van der Waals surface area contributed by atoms with Gasteiger partial charge in [-0.15, -0.1) is 0 Å². The molecule has 0 saturated carbocycles. The van der Waals surface area contributed by atoms with Crippen molar-refractivity contribution in [1.82, 2.24) is 0 Å². The minimum atomic E-state index is -3.67. The van der Waals surface area contributed by atoms with Gasteiger partial charge in [-0.1, -0.05) is 50.2 Å². The van der Waals surface area contributed by atoms with Gasteiger partial charge < -0.3 is 64.9 Å². The molecular formula is C50H78O17S. The Labute approximate surface area is 402 Å². The van der Waals surface area contributed by atoms with Crippen LogP contribution in [0.2, 0.25) is 0 Å². The summed E-state index contributed by atoms with van der Waals surface area (Å²) >= 11 is 0. The molecule has 0 spiro atoms. The van der Waals surface area contributed by atoms with Crippen LogP contribution in [0.25, 0.3) is 0 Å². The molecule has 0 aliphatic carbocycles. The summed E-state index contributed by atoms with van der Waals surface area (Å²) in [6, 6.07) is 20.1. The number of rotatable bonds is 21. The van der Waals surface area contributed by atoms with Gasteiger partial charge >= 0.3 is 0 Å². The first kappa shape index (κ1) is 60.4. The van der Waals surface area contributed by atoms with Crippen molar-refractivity contribution in [1.29, 1.82) is 0 Å². The highest BCUT2D eigenvalue weighted by atomic mass is 32.2. The molecule has 2 fully saturated rings. The van der Waals surface area contributed by atoms with Crippen LogP contribution in [0.5, 0.6) is 17.2 Å². The van der Waals surface area contributed by atoms with E-state index in [9.17, 15) is 49.0 Å². The van der Waals surface area contributed by atoms with Crippen molar-refractivity contribution in [3.05, 3.63) is 89.5 Å². The predicted molar refractivity (Wildman–Crippen MR) is 256 cm³/mol. The molecule has 68 heavy (non-hydrogen) atoms. The molecule has 2 aliphatic heterocycles. The Morgan fingerprint density at radius 1 is 0.632 bits per heavy atom. The number of carbonyl (C=O) groups is 1. The largest absolute Gasteiger partial charge is 0.508 e. The summed E-state index contributed by atoms with van der Waals surface area (Å²) < 4.78 is 50.2. The van der Waals surface area contributed by atoms with Crippen molar-refractivity contribution in [2.45, 2.75) is 191 Å². The van der Waals surface area contributed by atoms with Crippen LogP contribution >= 0.6 is 0 Å². The van der Waals surface area contributed by atoms with Crippen LogP contribution in [0, 0.1) is 0 Å². The molecule has 2 saturated heterocycles. The van der Waals surface area contributed by atoms with E-state index in [-0.39, 0.29) is 54.5 Å². The third-order valence-electron chi connectivity index (χ3n) is 11.0. The Morgan fingerprint density at radius 2 is 1.12 bits per heavy atom. The van der Waals surface area contributed by atoms with E-state index in [4.69, 9.17) is 33.7 Å². The molecule has 5 rings (SSSR count). The molecule has 2 aliphatic rings. The third-order valence-corrected chi connectivity index (χ3v) is 11.0. The number of phenolic OH excluding ortho intramolecular Hbond substituents is 3. The lowest BCUT2D eigenvalue weighted by Gasteiger charge is -2.36. The van der Waals surface area contributed by atoms with Crippen molar-refractivity contribution in [2.24, 2.45) is 0 Å². The highest BCUT2D eigenvalue weighted by Gasteiger charge is 2.32. The summed E-state index contributed by atoms with van der Waals surface area (Å²) in [5.74, 6) is 0.500. The van der Waals surface area contributed by atoms with Crippen LogP contribution in [-0.4, -0.2) is 133 Å². The maximum absolute atomic E-state index is 10.7. The van der Waals surface area contributed by atoms with Crippen LogP contribution < -0.4 is 0 Å². The molecule has 17 nitrogen and oxygen atoms in total. The topological polar surface area (TPSA) is 290 Å². The first-order chi connectivity index (χ1) is 32.1. The summed E-state index contributed by atoms with van der Waals surface area (Å²) in [6.45, 7) is 7.58. The predicted octanol–water partition coefficient (Wildman–Crippen LogP) is 6.76. The summed E-state index contributed by atoms with van der Waals surface area (Å²) in [5, 5.41) is 86.4. The van der Waals surface area contributed by atoms with Gasteiger partial charge in [0.15, 0.2) is 12.6 Å². The number of aldehydes is 1. The van der Waals surface area contributed by atoms with Gasteiger partial charge in [-0.3, -0.25) is 9.35 Å². The number of ether oxygens (including phenoxy) is 4. The van der Waals surface area contributed by atoms with Gasteiger partial charge in [0, 0.05) is 23.1 Å². The smallest absolute Gasteiger partial charge is 0.261 e. The number of phenols is 3. The van der Waals surface area contributed by atoms with Crippen LogP contribution in [0.3, 0.4) is 0 Å². The standard InChI is InChI=1S/C28H38O7.C14H30O5.C7H6O2.CH4O3S/c1-3-24-17-25(34-28(33-24)20-8-5-10-22(30)15-20)12-6-11-23(31)16-26-13-18(2)32-27(35-26)19-7-4-9-21(29)14-19;1-3-11(16)8-12(17)5-4-6-13(18)9-14(19)7-10(2)15;8-5-6-2-1-3-7(9)4-6;1-5(2,3)4/h4-5,7-10,14-15,18,23-31H,3,6,11-13,16-17H2,1-2H3;10-19H,3-9H2,1-2H3;1-5,9H;1H3,(H,2,3,4)/t18-,23?,24?,25?,26?,27?,28?;10-,11?,12?,13?,14?;;/m00../s1. The second kappa shape index (κ2) is 32.2. The number of aliphatic hydroxyl groups excluding tert-OH is 6.